The maximum Gasteiger partial charge on any atom is 0.314 e. The molecule has 0 aromatic carbocycles. The van der Waals surface area contributed by atoms with Crippen LogP contribution >= 0.6 is 11.8 Å². The van der Waals surface area contributed by atoms with E-state index in [1.165, 1.54) is 25.0 Å². The highest BCUT2D eigenvalue weighted by Crippen LogP contribution is 2.03. The molecule has 0 fully saturated rings. The number of nitrogens with one attached hydrogen (secondary N) is 2. The van der Waals surface area contributed by atoms with Gasteiger partial charge in [-0.15, -0.1) is 0 Å². The zero-order valence-electron chi connectivity index (χ0n) is 9.27. The molecule has 0 saturated heterocycles. The molecule has 3 nitrogen and oxygen atoms in total. The van der Waals surface area contributed by atoms with E-state index in [9.17, 15) is 4.79 Å². The predicted octanol–water partition coefficient (Wildman–Crippen LogP) is 2.23. The number of rotatable bonds is 8. The number of carbonyl (C=O) groups is 1. The molecule has 2 amide bonds. The third-order valence-electron chi connectivity index (χ3n) is 1.90. The minimum absolute atomic E-state index is 0.0448. The topological polar surface area (TPSA) is 41.1 Å². The van der Waals surface area contributed by atoms with Crippen LogP contribution in [0.15, 0.2) is 0 Å². The number of hydrogen-bond donors (Lipinski definition) is 2. The third-order valence-corrected chi connectivity index (χ3v) is 2.60. The Morgan fingerprint density at radius 2 is 1.86 bits per heavy atom. The molecule has 2 N–H and O–H groups in total. The van der Waals surface area contributed by atoms with Crippen LogP contribution in [0.5, 0.6) is 0 Å². The molecular weight excluding hydrogens is 196 g/mol. The standard InChI is InChI=1S/C10H22N2OS/c1-3-11-10(13)12-8-6-4-5-7-9-14-2/h3-9H2,1-2H3,(H2,11,12,13). The lowest BCUT2D eigenvalue weighted by molar-refractivity contribution is 0.241. The van der Waals surface area contributed by atoms with Gasteiger partial charge in [-0.05, 0) is 31.8 Å². The van der Waals surface area contributed by atoms with Gasteiger partial charge in [0.1, 0.15) is 0 Å². The predicted molar refractivity (Wildman–Crippen MR) is 63.9 cm³/mol. The van der Waals surface area contributed by atoms with Gasteiger partial charge in [-0.25, -0.2) is 4.79 Å². The summed E-state index contributed by atoms with van der Waals surface area (Å²) in [5.41, 5.74) is 0. The number of hydrogen-bond acceptors (Lipinski definition) is 2. The normalized spacial score (nSPS) is 9.86. The van der Waals surface area contributed by atoms with Crippen LogP contribution in [0.25, 0.3) is 0 Å². The fourth-order valence-electron chi connectivity index (χ4n) is 1.15. The Hall–Kier alpha value is -0.380. The van der Waals surface area contributed by atoms with Gasteiger partial charge < -0.3 is 10.6 Å². The number of amides is 2. The van der Waals surface area contributed by atoms with Crippen molar-refractivity contribution in [2.75, 3.05) is 25.1 Å². The molecule has 0 aliphatic carbocycles. The molecule has 0 aliphatic heterocycles. The van der Waals surface area contributed by atoms with Crippen LogP contribution in [0.1, 0.15) is 32.6 Å². The van der Waals surface area contributed by atoms with Crippen LogP contribution in [0.2, 0.25) is 0 Å². The Bertz CT molecular complexity index is 142. The number of unbranched alkanes of at least 4 members (excludes halogenated alkanes) is 3. The number of carbonyl (C=O) groups excluding carboxylic acids is 1. The molecule has 0 unspecified atom stereocenters. The fourth-order valence-corrected chi connectivity index (χ4v) is 1.64. The maximum atomic E-state index is 11.0. The Labute approximate surface area is 91.4 Å². The van der Waals surface area contributed by atoms with E-state index in [1.54, 1.807) is 0 Å². The van der Waals surface area contributed by atoms with Gasteiger partial charge in [0.25, 0.3) is 0 Å². The van der Waals surface area contributed by atoms with Gasteiger partial charge in [-0.3, -0.25) is 0 Å². The first-order valence-corrected chi connectivity index (χ1v) is 6.71. The zero-order chi connectivity index (χ0) is 10.6. The van der Waals surface area contributed by atoms with Crippen LogP contribution in [0.4, 0.5) is 4.79 Å². The molecule has 0 atom stereocenters. The van der Waals surface area contributed by atoms with Crippen molar-refractivity contribution in [3.05, 3.63) is 0 Å². The Morgan fingerprint density at radius 1 is 1.14 bits per heavy atom. The van der Waals surface area contributed by atoms with E-state index in [-0.39, 0.29) is 6.03 Å². The lowest BCUT2D eigenvalue weighted by Gasteiger charge is -2.05. The van der Waals surface area contributed by atoms with Crippen molar-refractivity contribution in [3.63, 3.8) is 0 Å². The monoisotopic (exact) mass is 218 g/mol. The van der Waals surface area contributed by atoms with Gasteiger partial charge in [-0.1, -0.05) is 12.8 Å². The van der Waals surface area contributed by atoms with Crippen molar-refractivity contribution in [1.82, 2.24) is 10.6 Å². The van der Waals surface area contributed by atoms with Crippen LogP contribution in [-0.4, -0.2) is 31.1 Å². The minimum atomic E-state index is -0.0448. The average Bonchev–Trinajstić information content (AvgIpc) is 2.17. The second kappa shape index (κ2) is 10.7. The van der Waals surface area contributed by atoms with Gasteiger partial charge in [0.05, 0.1) is 0 Å². The zero-order valence-corrected chi connectivity index (χ0v) is 10.1. The lowest BCUT2D eigenvalue weighted by atomic mass is 10.2. The molecule has 0 aromatic heterocycles. The summed E-state index contributed by atoms with van der Waals surface area (Å²) in [4.78, 5) is 11.0. The summed E-state index contributed by atoms with van der Waals surface area (Å²) >= 11 is 1.90. The second-order valence-electron chi connectivity index (χ2n) is 3.19. The van der Waals surface area contributed by atoms with Crippen molar-refractivity contribution in [1.29, 1.82) is 0 Å². The van der Waals surface area contributed by atoms with E-state index < -0.39 is 0 Å². The molecule has 14 heavy (non-hydrogen) atoms. The summed E-state index contributed by atoms with van der Waals surface area (Å²) in [5, 5.41) is 5.52. The fraction of sp³-hybridized carbons (Fsp3) is 0.900. The van der Waals surface area contributed by atoms with Gasteiger partial charge in [0.2, 0.25) is 0 Å². The molecule has 0 radical (unpaired) electrons. The third kappa shape index (κ3) is 9.71. The second-order valence-corrected chi connectivity index (χ2v) is 4.18. The van der Waals surface area contributed by atoms with Crippen molar-refractivity contribution in [2.45, 2.75) is 32.6 Å². The van der Waals surface area contributed by atoms with Gasteiger partial charge >= 0.3 is 6.03 Å². The van der Waals surface area contributed by atoms with Crippen LogP contribution in [0.3, 0.4) is 0 Å². The van der Waals surface area contributed by atoms with E-state index in [0.717, 1.165) is 13.0 Å². The SMILES string of the molecule is CCNC(=O)NCCCCCCSC. The van der Waals surface area contributed by atoms with E-state index in [4.69, 9.17) is 0 Å². The van der Waals surface area contributed by atoms with Gasteiger partial charge in [-0.2, -0.15) is 11.8 Å². The van der Waals surface area contributed by atoms with Crippen LogP contribution < -0.4 is 10.6 Å². The highest BCUT2D eigenvalue weighted by atomic mass is 32.2. The molecule has 0 aliphatic rings. The van der Waals surface area contributed by atoms with E-state index in [1.807, 2.05) is 18.7 Å². The Kier molecular flexibility index (Phi) is 10.4. The molecule has 0 heterocycles. The first-order valence-electron chi connectivity index (χ1n) is 5.32. The first-order chi connectivity index (χ1) is 6.81. The highest BCUT2D eigenvalue weighted by Gasteiger charge is 1.95. The first kappa shape index (κ1) is 13.6. The summed E-state index contributed by atoms with van der Waals surface area (Å²) in [7, 11) is 0. The Balaban J connectivity index is 3.01. The Morgan fingerprint density at radius 3 is 2.50 bits per heavy atom. The molecule has 84 valence electrons. The smallest absolute Gasteiger partial charge is 0.314 e. The molecule has 0 aromatic rings. The molecule has 4 heteroatoms. The van der Waals surface area contributed by atoms with E-state index in [2.05, 4.69) is 16.9 Å². The van der Waals surface area contributed by atoms with Crippen LogP contribution in [0, 0.1) is 0 Å². The largest absolute Gasteiger partial charge is 0.338 e. The molecular formula is C10H22N2OS. The summed E-state index contributed by atoms with van der Waals surface area (Å²) in [6.45, 7) is 3.41. The molecule has 0 bridgehead atoms. The summed E-state index contributed by atoms with van der Waals surface area (Å²) in [5.74, 6) is 1.25. The van der Waals surface area contributed by atoms with Crippen molar-refractivity contribution >= 4 is 17.8 Å². The van der Waals surface area contributed by atoms with Crippen LogP contribution in [-0.2, 0) is 0 Å². The number of thioether (sulfide) groups is 1. The summed E-state index contributed by atoms with van der Waals surface area (Å²) < 4.78 is 0. The lowest BCUT2D eigenvalue weighted by Crippen LogP contribution is -2.35. The molecule has 0 saturated carbocycles. The minimum Gasteiger partial charge on any atom is -0.338 e. The summed E-state index contributed by atoms with van der Waals surface area (Å²) in [6, 6.07) is -0.0448. The molecule has 0 rings (SSSR count). The maximum absolute atomic E-state index is 11.0. The van der Waals surface area contributed by atoms with Gasteiger partial charge in [0, 0.05) is 13.1 Å². The van der Waals surface area contributed by atoms with Gasteiger partial charge in [0.15, 0.2) is 0 Å². The van der Waals surface area contributed by atoms with Crippen molar-refractivity contribution < 1.29 is 4.79 Å². The average molecular weight is 218 g/mol. The van der Waals surface area contributed by atoms with E-state index in [0.29, 0.717) is 6.54 Å². The quantitative estimate of drug-likeness (QED) is 0.613. The number of urea groups is 1. The summed E-state index contributed by atoms with van der Waals surface area (Å²) in [6.07, 6.45) is 7.01. The molecule has 0 spiro atoms. The van der Waals surface area contributed by atoms with Crippen molar-refractivity contribution in [2.24, 2.45) is 0 Å². The van der Waals surface area contributed by atoms with Crippen molar-refractivity contribution in [3.8, 4) is 0 Å². The van der Waals surface area contributed by atoms with E-state index >= 15 is 0 Å². The highest BCUT2D eigenvalue weighted by molar-refractivity contribution is 7.98.